The van der Waals surface area contributed by atoms with Crippen molar-refractivity contribution in [2.75, 3.05) is 5.32 Å². The number of amides is 2. The third-order valence-electron chi connectivity index (χ3n) is 5.32. The van der Waals surface area contributed by atoms with Crippen molar-refractivity contribution in [2.24, 2.45) is 0 Å². The molecule has 1 atom stereocenters. The highest BCUT2D eigenvalue weighted by atomic mass is 19.1. The van der Waals surface area contributed by atoms with Crippen LogP contribution in [0.2, 0.25) is 0 Å². The lowest BCUT2D eigenvalue weighted by Gasteiger charge is -2.20. The first kappa shape index (κ1) is 22.2. The molecule has 0 saturated heterocycles. The maximum atomic E-state index is 13.5. The Morgan fingerprint density at radius 3 is 2.52 bits per heavy atom. The van der Waals surface area contributed by atoms with Crippen molar-refractivity contribution in [3.05, 3.63) is 96.1 Å². The number of hydrogen-bond donors (Lipinski definition) is 2. The van der Waals surface area contributed by atoms with Gasteiger partial charge in [0, 0.05) is 11.3 Å². The molecule has 4 aromatic rings. The van der Waals surface area contributed by atoms with Gasteiger partial charge in [0.2, 0.25) is 5.91 Å². The van der Waals surface area contributed by atoms with Crippen LogP contribution in [0.1, 0.15) is 42.0 Å². The molecule has 1 heterocycles. The Balaban J connectivity index is 1.65. The van der Waals surface area contributed by atoms with Crippen molar-refractivity contribution in [1.82, 2.24) is 14.9 Å². The number of rotatable bonds is 8. The van der Waals surface area contributed by atoms with Crippen LogP contribution < -0.4 is 10.6 Å². The molecule has 0 aliphatic carbocycles. The number of para-hydroxylation sites is 2. The second kappa shape index (κ2) is 10.1. The number of nitrogens with zero attached hydrogens (tertiary/aromatic N) is 2. The zero-order valence-corrected chi connectivity index (χ0v) is 18.3. The Morgan fingerprint density at radius 2 is 1.76 bits per heavy atom. The van der Waals surface area contributed by atoms with Gasteiger partial charge < -0.3 is 15.2 Å². The van der Waals surface area contributed by atoms with Crippen LogP contribution in [-0.4, -0.2) is 21.4 Å². The average Bonchev–Trinajstić information content (AvgIpc) is 3.17. The molecule has 168 valence electrons. The van der Waals surface area contributed by atoms with E-state index in [1.165, 1.54) is 12.1 Å². The van der Waals surface area contributed by atoms with E-state index in [-0.39, 0.29) is 24.4 Å². The van der Waals surface area contributed by atoms with E-state index in [1.807, 2.05) is 54.0 Å². The Morgan fingerprint density at radius 1 is 1.00 bits per heavy atom. The number of fused-ring (bicyclic) bond motifs is 1. The highest BCUT2D eigenvalue weighted by Gasteiger charge is 2.23. The Hall–Kier alpha value is -4.00. The molecule has 0 spiro atoms. The topological polar surface area (TPSA) is 76.0 Å². The van der Waals surface area contributed by atoms with Crippen LogP contribution in [0.25, 0.3) is 11.0 Å². The van der Waals surface area contributed by atoms with E-state index < -0.39 is 5.82 Å². The monoisotopic (exact) mass is 444 g/mol. The summed E-state index contributed by atoms with van der Waals surface area (Å²) in [5.41, 5.74) is 2.47. The minimum atomic E-state index is -0.423. The van der Waals surface area contributed by atoms with Gasteiger partial charge in [-0.1, -0.05) is 49.7 Å². The van der Waals surface area contributed by atoms with Crippen molar-refractivity contribution in [1.29, 1.82) is 0 Å². The summed E-state index contributed by atoms with van der Waals surface area (Å²) in [6.07, 6.45) is 1.48. The molecule has 0 aliphatic heterocycles. The molecule has 2 N–H and O–H groups in total. The second-order valence-electron chi connectivity index (χ2n) is 7.78. The summed E-state index contributed by atoms with van der Waals surface area (Å²) in [6.45, 7) is 2.01. The van der Waals surface area contributed by atoms with Crippen LogP contribution >= 0.6 is 0 Å². The van der Waals surface area contributed by atoms with E-state index in [9.17, 15) is 14.0 Å². The quantitative estimate of drug-likeness (QED) is 0.398. The summed E-state index contributed by atoms with van der Waals surface area (Å²) in [5.74, 6) is -0.323. The van der Waals surface area contributed by atoms with Crippen molar-refractivity contribution >= 4 is 28.5 Å². The number of aromatic nitrogens is 2. The first-order valence-corrected chi connectivity index (χ1v) is 10.9. The molecular weight excluding hydrogens is 419 g/mol. The molecule has 33 heavy (non-hydrogen) atoms. The molecule has 4 rings (SSSR count). The van der Waals surface area contributed by atoms with Gasteiger partial charge in [0.05, 0.1) is 17.1 Å². The second-order valence-corrected chi connectivity index (χ2v) is 7.78. The van der Waals surface area contributed by atoms with Gasteiger partial charge in [-0.15, -0.1) is 0 Å². The van der Waals surface area contributed by atoms with Crippen LogP contribution in [0.4, 0.5) is 10.1 Å². The molecule has 6 nitrogen and oxygen atoms in total. The third-order valence-corrected chi connectivity index (χ3v) is 5.32. The highest BCUT2D eigenvalue weighted by Crippen LogP contribution is 2.25. The average molecular weight is 445 g/mol. The van der Waals surface area contributed by atoms with Gasteiger partial charge in [0.15, 0.2) is 0 Å². The molecule has 0 unspecified atom stereocenters. The summed E-state index contributed by atoms with van der Waals surface area (Å²) in [7, 11) is 0. The SMILES string of the molecule is CCC[C@H](NC(=O)c1ccccc1)c1nc2ccccc2n1CC(=O)Nc1cccc(F)c1. The van der Waals surface area contributed by atoms with Gasteiger partial charge in [-0.3, -0.25) is 9.59 Å². The molecular formula is C26H25FN4O2. The van der Waals surface area contributed by atoms with Gasteiger partial charge in [0.1, 0.15) is 18.2 Å². The van der Waals surface area contributed by atoms with Crippen LogP contribution in [0.3, 0.4) is 0 Å². The fraction of sp³-hybridized carbons (Fsp3) is 0.192. The first-order valence-electron chi connectivity index (χ1n) is 10.9. The predicted molar refractivity (Wildman–Crippen MR) is 126 cm³/mol. The van der Waals surface area contributed by atoms with Crippen molar-refractivity contribution < 1.29 is 14.0 Å². The number of carbonyl (C=O) groups excluding carboxylic acids is 2. The molecule has 2 amide bonds. The normalized spacial score (nSPS) is 11.8. The van der Waals surface area contributed by atoms with Gasteiger partial charge >= 0.3 is 0 Å². The van der Waals surface area contributed by atoms with Crippen molar-refractivity contribution in [3.8, 4) is 0 Å². The maximum Gasteiger partial charge on any atom is 0.251 e. The number of carbonyl (C=O) groups is 2. The van der Waals surface area contributed by atoms with Crippen molar-refractivity contribution in [3.63, 3.8) is 0 Å². The van der Waals surface area contributed by atoms with Gasteiger partial charge in [-0.05, 0) is 48.9 Å². The van der Waals surface area contributed by atoms with Crippen LogP contribution in [-0.2, 0) is 11.3 Å². The largest absolute Gasteiger partial charge is 0.342 e. The summed E-state index contributed by atoms with van der Waals surface area (Å²) in [5, 5.41) is 5.81. The van der Waals surface area contributed by atoms with E-state index in [0.717, 1.165) is 17.5 Å². The highest BCUT2D eigenvalue weighted by molar-refractivity contribution is 5.94. The number of anilines is 1. The lowest BCUT2D eigenvalue weighted by atomic mass is 10.1. The standard InChI is InChI=1S/C26H25FN4O2/c1-2-9-22(30-26(33)18-10-4-3-5-11-18)25-29-21-14-6-7-15-23(21)31(25)17-24(32)28-20-13-8-12-19(27)16-20/h3-8,10-16,22H,2,9,17H2,1H3,(H,28,32)(H,30,33)/t22-/m0/s1. The zero-order chi connectivity index (χ0) is 23.2. The number of halogens is 1. The van der Waals surface area contributed by atoms with E-state index >= 15 is 0 Å². The summed E-state index contributed by atoms with van der Waals surface area (Å²) < 4.78 is 15.3. The maximum absolute atomic E-state index is 13.5. The first-order chi connectivity index (χ1) is 16.0. The van der Waals surface area contributed by atoms with Crippen LogP contribution in [0.5, 0.6) is 0 Å². The minimum Gasteiger partial charge on any atom is -0.342 e. The van der Waals surface area contributed by atoms with E-state index in [0.29, 0.717) is 23.5 Å². The lowest BCUT2D eigenvalue weighted by molar-refractivity contribution is -0.116. The zero-order valence-electron chi connectivity index (χ0n) is 18.3. The Bertz CT molecular complexity index is 1270. The molecule has 0 aliphatic rings. The molecule has 0 fully saturated rings. The molecule has 0 saturated carbocycles. The minimum absolute atomic E-state index is 0.0201. The van der Waals surface area contributed by atoms with Gasteiger partial charge in [-0.25, -0.2) is 9.37 Å². The summed E-state index contributed by atoms with van der Waals surface area (Å²) >= 11 is 0. The molecule has 7 heteroatoms. The molecule has 0 bridgehead atoms. The van der Waals surface area contributed by atoms with E-state index in [1.54, 1.807) is 24.3 Å². The van der Waals surface area contributed by atoms with Crippen LogP contribution in [0, 0.1) is 5.82 Å². The fourth-order valence-corrected chi connectivity index (χ4v) is 3.82. The van der Waals surface area contributed by atoms with Gasteiger partial charge in [-0.2, -0.15) is 0 Å². The summed E-state index contributed by atoms with van der Waals surface area (Å²) in [6, 6.07) is 21.9. The number of imidazole rings is 1. The number of hydrogen-bond acceptors (Lipinski definition) is 3. The Labute approximate surface area is 191 Å². The van der Waals surface area contributed by atoms with E-state index in [4.69, 9.17) is 4.98 Å². The van der Waals surface area contributed by atoms with Crippen LogP contribution in [0.15, 0.2) is 78.9 Å². The third kappa shape index (κ3) is 5.26. The van der Waals surface area contributed by atoms with Crippen molar-refractivity contribution in [2.45, 2.75) is 32.4 Å². The predicted octanol–water partition coefficient (Wildman–Crippen LogP) is 5.09. The molecule has 1 aromatic heterocycles. The van der Waals surface area contributed by atoms with Gasteiger partial charge in [0.25, 0.3) is 5.91 Å². The molecule has 3 aromatic carbocycles. The fourth-order valence-electron chi connectivity index (χ4n) is 3.82. The summed E-state index contributed by atoms with van der Waals surface area (Å²) in [4.78, 5) is 30.5. The Kier molecular flexibility index (Phi) is 6.78. The lowest BCUT2D eigenvalue weighted by Crippen LogP contribution is -2.31. The number of benzene rings is 3. The van der Waals surface area contributed by atoms with E-state index in [2.05, 4.69) is 10.6 Å². The number of nitrogens with one attached hydrogen (secondary N) is 2. The smallest absolute Gasteiger partial charge is 0.251 e. The molecule has 0 radical (unpaired) electrons.